The van der Waals surface area contributed by atoms with Crippen molar-refractivity contribution in [2.45, 2.75) is 66.1 Å². The van der Waals surface area contributed by atoms with Crippen molar-refractivity contribution in [2.24, 2.45) is 5.41 Å². The third kappa shape index (κ3) is 6.53. The molecular weight excluding hydrogens is 284 g/mol. The molecule has 0 spiro atoms. The maximum absolute atomic E-state index is 12.3. The molecule has 0 radical (unpaired) electrons. The summed E-state index contributed by atoms with van der Waals surface area (Å²) in [4.78, 5) is 25.2. The fourth-order valence-electron chi connectivity index (χ4n) is 1.91. The van der Waals surface area contributed by atoms with Gasteiger partial charge < -0.3 is 4.74 Å². The van der Waals surface area contributed by atoms with Gasteiger partial charge in [-0.2, -0.15) is 0 Å². The first-order valence-electron chi connectivity index (χ1n) is 7.27. The molecule has 0 bridgehead atoms. The van der Waals surface area contributed by atoms with E-state index in [-0.39, 0.29) is 36.1 Å². The van der Waals surface area contributed by atoms with E-state index in [0.717, 1.165) is 4.88 Å². The van der Waals surface area contributed by atoms with Crippen LogP contribution in [-0.4, -0.2) is 23.3 Å². The minimum Gasteiger partial charge on any atom is -0.372 e. The number of ether oxygens (including phenoxy) is 1. The third-order valence-corrected chi connectivity index (χ3v) is 3.89. The molecule has 0 saturated heterocycles. The van der Waals surface area contributed by atoms with E-state index in [1.54, 1.807) is 0 Å². The molecule has 1 unspecified atom stereocenters. The zero-order valence-corrected chi connectivity index (χ0v) is 14.7. The molecule has 0 saturated carbocycles. The molecule has 1 rings (SSSR count). The first kappa shape index (κ1) is 18.1. The molecule has 21 heavy (non-hydrogen) atoms. The highest BCUT2D eigenvalue weighted by molar-refractivity contribution is 7.12. The largest absolute Gasteiger partial charge is 0.372 e. The first-order chi connectivity index (χ1) is 9.49. The minimum absolute atomic E-state index is 0.0426. The van der Waals surface area contributed by atoms with Gasteiger partial charge in [0.05, 0.1) is 16.6 Å². The lowest BCUT2D eigenvalue weighted by atomic mass is 9.86. The predicted octanol–water partition coefficient (Wildman–Crippen LogP) is 4.51. The monoisotopic (exact) mass is 310 g/mol. The van der Waals surface area contributed by atoms with E-state index >= 15 is 0 Å². The Morgan fingerprint density at radius 1 is 1.14 bits per heavy atom. The van der Waals surface area contributed by atoms with E-state index in [0.29, 0.717) is 0 Å². The van der Waals surface area contributed by atoms with Crippen molar-refractivity contribution < 1.29 is 14.3 Å². The van der Waals surface area contributed by atoms with Crippen molar-refractivity contribution in [3.05, 3.63) is 22.4 Å². The standard InChI is InChI=1S/C17H26O3S/c1-16(2,3)15(19)11-12(20-17(4,5)6)10-13(18)14-8-7-9-21-14/h7-9,12H,10-11H2,1-6H3. The van der Waals surface area contributed by atoms with E-state index in [1.807, 2.05) is 59.1 Å². The van der Waals surface area contributed by atoms with Crippen molar-refractivity contribution >= 4 is 22.9 Å². The highest BCUT2D eigenvalue weighted by Gasteiger charge is 2.29. The summed E-state index contributed by atoms with van der Waals surface area (Å²) in [6.07, 6.45) is 0.156. The lowest BCUT2D eigenvalue weighted by molar-refractivity contribution is -0.132. The number of thiophene rings is 1. The van der Waals surface area contributed by atoms with E-state index in [1.165, 1.54) is 11.3 Å². The lowest BCUT2D eigenvalue weighted by Gasteiger charge is -2.28. The van der Waals surface area contributed by atoms with Gasteiger partial charge in [0.15, 0.2) is 5.78 Å². The van der Waals surface area contributed by atoms with Crippen molar-refractivity contribution in [2.75, 3.05) is 0 Å². The Kier molecular flexibility index (Phi) is 5.88. The number of hydrogen-bond donors (Lipinski definition) is 0. The smallest absolute Gasteiger partial charge is 0.175 e. The van der Waals surface area contributed by atoms with Crippen molar-refractivity contribution in [3.8, 4) is 0 Å². The summed E-state index contributed by atoms with van der Waals surface area (Å²) in [6.45, 7) is 11.5. The normalized spacial score (nSPS) is 14.0. The molecule has 0 amide bonds. The maximum Gasteiger partial charge on any atom is 0.175 e. The van der Waals surface area contributed by atoms with Gasteiger partial charge in [0.1, 0.15) is 5.78 Å². The van der Waals surface area contributed by atoms with Crippen LogP contribution >= 0.6 is 11.3 Å². The molecular formula is C17H26O3S. The quantitative estimate of drug-likeness (QED) is 0.726. The van der Waals surface area contributed by atoms with E-state index in [4.69, 9.17) is 4.74 Å². The number of rotatable bonds is 6. The Labute approximate surface area is 131 Å². The van der Waals surface area contributed by atoms with Crippen LogP contribution in [-0.2, 0) is 9.53 Å². The van der Waals surface area contributed by atoms with Gasteiger partial charge >= 0.3 is 0 Å². The molecule has 1 aromatic heterocycles. The molecule has 1 heterocycles. The van der Waals surface area contributed by atoms with Gasteiger partial charge in [-0.25, -0.2) is 0 Å². The Morgan fingerprint density at radius 2 is 1.76 bits per heavy atom. The second-order valence-corrected chi connectivity index (χ2v) is 8.28. The van der Waals surface area contributed by atoms with Crippen LogP contribution in [0.15, 0.2) is 17.5 Å². The van der Waals surface area contributed by atoms with Crippen LogP contribution in [0.3, 0.4) is 0 Å². The van der Waals surface area contributed by atoms with Crippen LogP contribution in [0.25, 0.3) is 0 Å². The summed E-state index contributed by atoms with van der Waals surface area (Å²) in [6, 6.07) is 3.67. The Bertz CT molecular complexity index is 475. The Balaban J connectivity index is 2.78. The summed E-state index contributed by atoms with van der Waals surface area (Å²) in [5.41, 5.74) is -0.788. The predicted molar refractivity (Wildman–Crippen MR) is 87.0 cm³/mol. The van der Waals surface area contributed by atoms with Gasteiger partial charge in [0.2, 0.25) is 0 Å². The molecule has 0 aliphatic carbocycles. The van der Waals surface area contributed by atoms with Gasteiger partial charge in [-0.3, -0.25) is 9.59 Å². The fourth-order valence-corrected chi connectivity index (χ4v) is 2.59. The maximum atomic E-state index is 12.3. The highest BCUT2D eigenvalue weighted by Crippen LogP contribution is 2.24. The van der Waals surface area contributed by atoms with Gasteiger partial charge in [-0.1, -0.05) is 26.8 Å². The highest BCUT2D eigenvalue weighted by atomic mass is 32.1. The van der Waals surface area contributed by atoms with E-state index in [9.17, 15) is 9.59 Å². The van der Waals surface area contributed by atoms with Gasteiger partial charge in [-0.15, -0.1) is 11.3 Å². The van der Waals surface area contributed by atoms with Crippen LogP contribution in [0, 0.1) is 5.41 Å². The van der Waals surface area contributed by atoms with E-state index in [2.05, 4.69) is 0 Å². The zero-order valence-electron chi connectivity index (χ0n) is 13.9. The molecule has 0 aromatic carbocycles. The number of carbonyl (C=O) groups is 2. The zero-order chi connectivity index (χ0) is 16.3. The topological polar surface area (TPSA) is 43.4 Å². The van der Waals surface area contributed by atoms with Crippen LogP contribution in [0.2, 0.25) is 0 Å². The van der Waals surface area contributed by atoms with Crippen LogP contribution < -0.4 is 0 Å². The summed E-state index contributed by atoms with van der Waals surface area (Å²) in [7, 11) is 0. The second kappa shape index (κ2) is 6.84. The van der Waals surface area contributed by atoms with Crippen LogP contribution in [0.1, 0.15) is 64.1 Å². The first-order valence-corrected chi connectivity index (χ1v) is 8.15. The Morgan fingerprint density at radius 3 is 2.19 bits per heavy atom. The van der Waals surface area contributed by atoms with E-state index < -0.39 is 5.41 Å². The molecule has 4 heteroatoms. The minimum atomic E-state index is -0.411. The van der Waals surface area contributed by atoms with Crippen molar-refractivity contribution in [1.82, 2.24) is 0 Å². The van der Waals surface area contributed by atoms with Crippen molar-refractivity contribution in [1.29, 1.82) is 0 Å². The average Bonchev–Trinajstić information content (AvgIpc) is 2.78. The van der Waals surface area contributed by atoms with Crippen LogP contribution in [0.4, 0.5) is 0 Å². The number of ketones is 2. The molecule has 0 fully saturated rings. The molecule has 1 aromatic rings. The number of carbonyl (C=O) groups excluding carboxylic acids is 2. The molecule has 118 valence electrons. The van der Waals surface area contributed by atoms with Gasteiger partial charge in [0.25, 0.3) is 0 Å². The second-order valence-electron chi connectivity index (χ2n) is 7.33. The van der Waals surface area contributed by atoms with Crippen molar-refractivity contribution in [3.63, 3.8) is 0 Å². The summed E-state index contributed by atoms with van der Waals surface area (Å²) in [5.74, 6) is 0.164. The molecule has 0 N–H and O–H groups in total. The van der Waals surface area contributed by atoms with Gasteiger partial charge in [-0.05, 0) is 32.2 Å². The summed E-state index contributed by atoms with van der Waals surface area (Å²) in [5, 5.41) is 1.88. The number of hydrogen-bond acceptors (Lipinski definition) is 4. The summed E-state index contributed by atoms with van der Waals surface area (Å²) < 4.78 is 5.94. The molecule has 0 aliphatic rings. The average molecular weight is 310 g/mol. The molecule has 3 nitrogen and oxygen atoms in total. The molecule has 0 aliphatic heterocycles. The Hall–Kier alpha value is -1.00. The fraction of sp³-hybridized carbons (Fsp3) is 0.647. The van der Waals surface area contributed by atoms with Gasteiger partial charge in [0, 0.05) is 18.3 Å². The molecule has 1 atom stereocenters. The van der Waals surface area contributed by atoms with Crippen LogP contribution in [0.5, 0.6) is 0 Å². The number of Topliss-reactive ketones (excluding diaryl/α,β-unsaturated/α-hetero) is 2. The SMILES string of the molecule is CC(C)(C)OC(CC(=O)c1cccs1)CC(=O)C(C)(C)C. The third-order valence-electron chi connectivity index (χ3n) is 2.98. The summed E-state index contributed by atoms with van der Waals surface area (Å²) >= 11 is 1.43. The lowest BCUT2D eigenvalue weighted by Crippen LogP contribution is -2.33.